The molecule has 20 heavy (non-hydrogen) atoms. The van der Waals surface area contributed by atoms with Crippen LogP contribution in [-0.2, 0) is 9.47 Å². The first-order valence-electron chi connectivity index (χ1n) is 8.31. The summed E-state index contributed by atoms with van der Waals surface area (Å²) in [5.74, 6) is 0.854. The van der Waals surface area contributed by atoms with Crippen molar-refractivity contribution in [2.24, 2.45) is 16.7 Å². The van der Waals surface area contributed by atoms with E-state index in [9.17, 15) is 0 Å². The third-order valence-corrected chi connectivity index (χ3v) is 7.64. The van der Waals surface area contributed by atoms with Gasteiger partial charge in [0.15, 0.2) is 0 Å². The van der Waals surface area contributed by atoms with Crippen molar-refractivity contribution >= 4 is 15.9 Å². The van der Waals surface area contributed by atoms with Gasteiger partial charge in [-0.2, -0.15) is 0 Å². The van der Waals surface area contributed by atoms with Crippen LogP contribution < -0.4 is 0 Å². The first-order chi connectivity index (χ1) is 9.40. The van der Waals surface area contributed by atoms with E-state index in [4.69, 9.17) is 9.47 Å². The predicted molar refractivity (Wildman–Crippen MR) is 85.3 cm³/mol. The van der Waals surface area contributed by atoms with Crippen molar-refractivity contribution in [3.05, 3.63) is 0 Å². The second-order valence-electron chi connectivity index (χ2n) is 7.86. The minimum atomic E-state index is 0.265. The molecule has 0 aliphatic heterocycles. The maximum Gasteiger partial charge on any atom is 0.0962 e. The van der Waals surface area contributed by atoms with Gasteiger partial charge in [-0.3, -0.25) is 0 Å². The van der Waals surface area contributed by atoms with Gasteiger partial charge in [-0.25, -0.2) is 0 Å². The van der Waals surface area contributed by atoms with Crippen molar-refractivity contribution in [3.8, 4) is 0 Å². The van der Waals surface area contributed by atoms with E-state index in [2.05, 4.69) is 43.6 Å². The van der Waals surface area contributed by atoms with Gasteiger partial charge in [-0.1, -0.05) is 43.6 Å². The number of alkyl halides is 1. The zero-order valence-corrected chi connectivity index (χ0v) is 14.9. The fourth-order valence-corrected chi connectivity index (χ4v) is 5.53. The molecule has 116 valence electrons. The molecule has 0 heterocycles. The molecule has 0 aromatic heterocycles. The highest BCUT2D eigenvalue weighted by Gasteiger charge is 2.62. The van der Waals surface area contributed by atoms with E-state index in [0.717, 1.165) is 25.4 Å². The second-order valence-corrected chi connectivity index (χ2v) is 9.04. The minimum Gasteiger partial charge on any atom is -0.374 e. The molecule has 0 spiro atoms. The molecule has 3 aliphatic carbocycles. The Morgan fingerprint density at radius 3 is 2.45 bits per heavy atom. The van der Waals surface area contributed by atoms with Crippen LogP contribution in [0.2, 0.25) is 0 Å². The molecule has 6 unspecified atom stereocenters. The number of halogens is 1. The standard InChI is InChI=1S/C17H29BrO2/c1-5-8-19-15-12(18)10-13(15)20-14-9-11-6-7-17(14,4)16(11,2)3/h11-15H,5-10H2,1-4H3. The highest BCUT2D eigenvalue weighted by atomic mass is 79.9. The van der Waals surface area contributed by atoms with Crippen LogP contribution in [0.15, 0.2) is 0 Å². The molecule has 3 rings (SSSR count). The molecule has 0 N–H and O–H groups in total. The molecule has 2 nitrogen and oxygen atoms in total. The van der Waals surface area contributed by atoms with E-state index < -0.39 is 0 Å². The van der Waals surface area contributed by atoms with Gasteiger partial charge in [-0.05, 0) is 48.9 Å². The highest BCUT2D eigenvalue weighted by Crippen LogP contribution is 2.66. The van der Waals surface area contributed by atoms with E-state index in [1.807, 2.05) is 0 Å². The third kappa shape index (κ3) is 2.11. The molecule has 0 saturated heterocycles. The second kappa shape index (κ2) is 5.24. The van der Waals surface area contributed by atoms with Gasteiger partial charge in [0.2, 0.25) is 0 Å². The summed E-state index contributed by atoms with van der Waals surface area (Å²) in [6, 6.07) is 0. The summed E-state index contributed by atoms with van der Waals surface area (Å²) in [4.78, 5) is 0.485. The van der Waals surface area contributed by atoms with Crippen LogP contribution >= 0.6 is 15.9 Å². The van der Waals surface area contributed by atoms with Crippen molar-refractivity contribution < 1.29 is 9.47 Å². The van der Waals surface area contributed by atoms with Crippen molar-refractivity contribution in [3.63, 3.8) is 0 Å². The van der Waals surface area contributed by atoms with Crippen molar-refractivity contribution in [2.75, 3.05) is 6.61 Å². The lowest BCUT2D eigenvalue weighted by molar-refractivity contribution is -0.172. The summed E-state index contributed by atoms with van der Waals surface area (Å²) in [5, 5.41) is 0. The monoisotopic (exact) mass is 344 g/mol. The van der Waals surface area contributed by atoms with E-state index in [1.165, 1.54) is 19.3 Å². The van der Waals surface area contributed by atoms with E-state index in [0.29, 0.717) is 27.9 Å². The van der Waals surface area contributed by atoms with Crippen LogP contribution in [0.4, 0.5) is 0 Å². The number of ether oxygens (including phenoxy) is 2. The Bertz CT molecular complexity index is 370. The molecule has 2 bridgehead atoms. The average molecular weight is 345 g/mol. The molecule has 0 aromatic rings. The molecule has 0 aromatic carbocycles. The lowest BCUT2D eigenvalue weighted by Gasteiger charge is -2.46. The lowest BCUT2D eigenvalue weighted by atomic mass is 9.70. The SMILES string of the molecule is CCCOC1C(Br)CC1OC1CC2CCC1(C)C2(C)C. The lowest BCUT2D eigenvalue weighted by Crippen LogP contribution is -2.53. The van der Waals surface area contributed by atoms with Crippen molar-refractivity contribution in [1.82, 2.24) is 0 Å². The Morgan fingerprint density at radius 1 is 1.20 bits per heavy atom. The van der Waals surface area contributed by atoms with Crippen LogP contribution in [0.5, 0.6) is 0 Å². The summed E-state index contributed by atoms with van der Waals surface area (Å²) in [7, 11) is 0. The van der Waals surface area contributed by atoms with E-state index in [1.54, 1.807) is 0 Å². The average Bonchev–Trinajstić information content (AvgIpc) is 2.71. The van der Waals surface area contributed by atoms with E-state index >= 15 is 0 Å². The van der Waals surface area contributed by atoms with Crippen molar-refractivity contribution in [2.45, 2.75) is 82.9 Å². The van der Waals surface area contributed by atoms with Crippen LogP contribution in [0.1, 0.15) is 59.8 Å². The predicted octanol–water partition coefficient (Wildman–Crippen LogP) is 4.55. The van der Waals surface area contributed by atoms with Gasteiger partial charge in [0, 0.05) is 11.4 Å². The Morgan fingerprint density at radius 2 is 1.95 bits per heavy atom. The van der Waals surface area contributed by atoms with Crippen molar-refractivity contribution in [1.29, 1.82) is 0 Å². The fourth-order valence-electron chi connectivity index (χ4n) is 4.67. The quantitative estimate of drug-likeness (QED) is 0.681. The summed E-state index contributed by atoms with van der Waals surface area (Å²) in [5.41, 5.74) is 0.805. The van der Waals surface area contributed by atoms with Crippen LogP contribution in [-0.4, -0.2) is 29.7 Å². The maximum atomic E-state index is 6.54. The first kappa shape index (κ1) is 15.3. The van der Waals surface area contributed by atoms with Crippen LogP contribution in [0, 0.1) is 16.7 Å². The zero-order valence-electron chi connectivity index (χ0n) is 13.3. The topological polar surface area (TPSA) is 18.5 Å². The molecule has 6 atom stereocenters. The number of hydrogen-bond acceptors (Lipinski definition) is 2. The Labute approximate surface area is 132 Å². The van der Waals surface area contributed by atoms with Gasteiger partial charge < -0.3 is 9.47 Å². The molecular formula is C17H29BrO2. The van der Waals surface area contributed by atoms with Crippen LogP contribution in [0.25, 0.3) is 0 Å². The van der Waals surface area contributed by atoms with Gasteiger partial charge in [0.05, 0.1) is 18.3 Å². The van der Waals surface area contributed by atoms with E-state index in [-0.39, 0.29) is 6.10 Å². The first-order valence-corrected chi connectivity index (χ1v) is 9.23. The molecule has 3 fully saturated rings. The fraction of sp³-hybridized carbons (Fsp3) is 1.00. The minimum absolute atomic E-state index is 0.265. The summed E-state index contributed by atoms with van der Waals surface area (Å²) in [6.45, 7) is 10.4. The summed E-state index contributed by atoms with van der Waals surface area (Å²) in [6.07, 6.45) is 7.18. The zero-order chi connectivity index (χ0) is 14.5. The van der Waals surface area contributed by atoms with Crippen LogP contribution in [0.3, 0.4) is 0 Å². The number of hydrogen-bond donors (Lipinski definition) is 0. The molecular weight excluding hydrogens is 316 g/mol. The van der Waals surface area contributed by atoms with Gasteiger partial charge in [0.1, 0.15) is 0 Å². The largest absolute Gasteiger partial charge is 0.374 e. The van der Waals surface area contributed by atoms with Gasteiger partial charge in [-0.15, -0.1) is 0 Å². The number of fused-ring (bicyclic) bond motifs is 2. The summed E-state index contributed by atoms with van der Waals surface area (Å²) < 4.78 is 12.5. The Hall–Kier alpha value is 0.400. The Balaban J connectivity index is 1.62. The Kier molecular flexibility index (Phi) is 4.01. The molecule has 3 saturated carbocycles. The van der Waals surface area contributed by atoms with Gasteiger partial charge >= 0.3 is 0 Å². The number of rotatable bonds is 5. The molecule has 3 aliphatic rings. The smallest absolute Gasteiger partial charge is 0.0962 e. The molecule has 0 radical (unpaired) electrons. The third-order valence-electron chi connectivity index (χ3n) is 6.75. The molecule has 3 heteroatoms. The summed E-state index contributed by atoms with van der Waals surface area (Å²) >= 11 is 3.72. The maximum absolute atomic E-state index is 6.54. The van der Waals surface area contributed by atoms with Gasteiger partial charge in [0.25, 0.3) is 0 Å². The normalized spacial score (nSPS) is 49.4. The molecule has 0 amide bonds. The highest BCUT2D eigenvalue weighted by molar-refractivity contribution is 9.09.